The molecule has 0 bridgehead atoms. The van der Waals surface area contributed by atoms with Gasteiger partial charge in [-0.2, -0.15) is 0 Å². The van der Waals surface area contributed by atoms with Gasteiger partial charge < -0.3 is 16.2 Å². The fourth-order valence-electron chi connectivity index (χ4n) is 1.06. The third-order valence-electron chi connectivity index (χ3n) is 2.07. The summed E-state index contributed by atoms with van der Waals surface area (Å²) in [6.07, 6.45) is 0. The van der Waals surface area contributed by atoms with Crippen LogP contribution in [0.2, 0.25) is 0 Å². The van der Waals surface area contributed by atoms with Gasteiger partial charge in [0, 0.05) is 16.6 Å². The number of benzene rings is 1. The van der Waals surface area contributed by atoms with Crippen LogP contribution in [0, 0.1) is 0 Å². The van der Waals surface area contributed by atoms with E-state index >= 15 is 0 Å². The molecule has 1 atom stereocenters. The summed E-state index contributed by atoms with van der Waals surface area (Å²) in [6, 6.07) is 4.71. The number of halogens is 2. The van der Waals surface area contributed by atoms with Crippen LogP contribution in [-0.2, 0) is 11.3 Å². The molecule has 1 rings (SSSR count). The third kappa shape index (κ3) is 4.38. The van der Waals surface area contributed by atoms with Gasteiger partial charge in [0.2, 0.25) is 5.91 Å². The maximum Gasteiger partial charge on any atom is 0.234 e. The van der Waals surface area contributed by atoms with Gasteiger partial charge in [0.25, 0.3) is 0 Å². The van der Waals surface area contributed by atoms with Gasteiger partial charge in [-0.05, 0) is 25.1 Å². The lowest BCUT2D eigenvalue weighted by atomic mass is 10.2. The standard InChI is InChI=1S/C10H13BrN2O2.ClH/c1-6(10(12)15)13-5-7-4-8(11)2-3-9(7)14;/h2-4,6,13-14H,5H2,1H3,(H2,12,15);1H. The van der Waals surface area contributed by atoms with Gasteiger partial charge in [0.05, 0.1) is 6.04 Å². The molecule has 1 unspecified atom stereocenters. The predicted octanol–water partition coefficient (Wildman–Crippen LogP) is 1.54. The summed E-state index contributed by atoms with van der Waals surface area (Å²) in [6.45, 7) is 2.08. The number of hydrogen-bond acceptors (Lipinski definition) is 3. The molecular formula is C10H14BrClN2O2. The number of amides is 1. The molecule has 0 aliphatic heterocycles. The number of hydrogen-bond donors (Lipinski definition) is 3. The van der Waals surface area contributed by atoms with E-state index < -0.39 is 11.9 Å². The van der Waals surface area contributed by atoms with Crippen molar-refractivity contribution < 1.29 is 9.90 Å². The van der Waals surface area contributed by atoms with Gasteiger partial charge in [-0.15, -0.1) is 12.4 Å². The highest BCUT2D eigenvalue weighted by atomic mass is 79.9. The van der Waals surface area contributed by atoms with Crippen molar-refractivity contribution in [3.63, 3.8) is 0 Å². The van der Waals surface area contributed by atoms with Gasteiger partial charge >= 0.3 is 0 Å². The first kappa shape index (κ1) is 15.2. The summed E-state index contributed by atoms with van der Waals surface area (Å²) >= 11 is 3.30. The van der Waals surface area contributed by atoms with E-state index in [-0.39, 0.29) is 18.2 Å². The average Bonchev–Trinajstić information content (AvgIpc) is 2.18. The predicted molar refractivity (Wildman–Crippen MR) is 68.6 cm³/mol. The van der Waals surface area contributed by atoms with Crippen LogP contribution < -0.4 is 11.1 Å². The number of carbonyl (C=O) groups excluding carboxylic acids is 1. The molecule has 0 fully saturated rings. The Morgan fingerprint density at radius 3 is 2.81 bits per heavy atom. The van der Waals surface area contributed by atoms with Gasteiger partial charge in [-0.3, -0.25) is 4.79 Å². The van der Waals surface area contributed by atoms with Crippen LogP contribution in [0.25, 0.3) is 0 Å². The molecule has 0 saturated carbocycles. The van der Waals surface area contributed by atoms with E-state index in [9.17, 15) is 9.90 Å². The van der Waals surface area contributed by atoms with E-state index in [1.807, 2.05) is 0 Å². The third-order valence-corrected chi connectivity index (χ3v) is 2.56. The Morgan fingerprint density at radius 1 is 1.62 bits per heavy atom. The Hall–Kier alpha value is -0.780. The number of phenols is 1. The first-order valence-electron chi connectivity index (χ1n) is 4.51. The van der Waals surface area contributed by atoms with Crippen LogP contribution in [0.4, 0.5) is 0 Å². The lowest BCUT2D eigenvalue weighted by molar-refractivity contribution is -0.119. The summed E-state index contributed by atoms with van der Waals surface area (Å²) in [7, 11) is 0. The zero-order valence-corrected chi connectivity index (χ0v) is 11.1. The van der Waals surface area contributed by atoms with E-state index in [4.69, 9.17) is 5.73 Å². The molecule has 6 heteroatoms. The maximum absolute atomic E-state index is 10.8. The van der Waals surface area contributed by atoms with Gasteiger partial charge in [0.15, 0.2) is 0 Å². The Morgan fingerprint density at radius 2 is 2.25 bits per heavy atom. The molecule has 90 valence electrons. The first-order chi connectivity index (χ1) is 7.00. The van der Waals surface area contributed by atoms with Crippen LogP contribution in [0.3, 0.4) is 0 Å². The zero-order valence-electron chi connectivity index (χ0n) is 8.74. The number of nitrogens with two attached hydrogens (primary N) is 1. The number of phenolic OH excluding ortho intramolecular Hbond substituents is 1. The summed E-state index contributed by atoms with van der Waals surface area (Å²) in [5.74, 6) is -0.216. The molecule has 0 aliphatic rings. The minimum Gasteiger partial charge on any atom is -0.508 e. The molecule has 1 aromatic rings. The van der Waals surface area contributed by atoms with Crippen molar-refractivity contribution in [2.24, 2.45) is 5.73 Å². The molecule has 0 aromatic heterocycles. The van der Waals surface area contributed by atoms with E-state index in [0.29, 0.717) is 6.54 Å². The Kier molecular flexibility index (Phi) is 6.40. The largest absolute Gasteiger partial charge is 0.508 e. The van der Waals surface area contributed by atoms with Crippen molar-refractivity contribution in [2.45, 2.75) is 19.5 Å². The summed E-state index contributed by atoms with van der Waals surface area (Å²) in [5.41, 5.74) is 5.81. The van der Waals surface area contributed by atoms with Crippen molar-refractivity contribution in [3.8, 4) is 5.75 Å². The molecule has 4 N–H and O–H groups in total. The Balaban J connectivity index is 0.00000225. The second-order valence-electron chi connectivity index (χ2n) is 3.28. The molecule has 0 saturated heterocycles. The molecule has 1 aromatic carbocycles. The van der Waals surface area contributed by atoms with E-state index in [2.05, 4.69) is 21.2 Å². The van der Waals surface area contributed by atoms with E-state index in [0.717, 1.165) is 10.0 Å². The van der Waals surface area contributed by atoms with Crippen LogP contribution in [-0.4, -0.2) is 17.1 Å². The fourth-order valence-corrected chi connectivity index (χ4v) is 1.47. The fraction of sp³-hybridized carbons (Fsp3) is 0.300. The normalized spacial score (nSPS) is 11.6. The van der Waals surface area contributed by atoms with Crippen molar-refractivity contribution in [3.05, 3.63) is 28.2 Å². The zero-order chi connectivity index (χ0) is 11.4. The molecule has 0 heterocycles. The maximum atomic E-state index is 10.8. The number of rotatable bonds is 4. The first-order valence-corrected chi connectivity index (χ1v) is 5.30. The molecule has 4 nitrogen and oxygen atoms in total. The summed E-state index contributed by atoms with van der Waals surface area (Å²) in [4.78, 5) is 10.8. The smallest absolute Gasteiger partial charge is 0.234 e. The summed E-state index contributed by atoms with van der Waals surface area (Å²) in [5, 5.41) is 12.4. The second-order valence-corrected chi connectivity index (χ2v) is 4.19. The number of aromatic hydroxyl groups is 1. The van der Waals surface area contributed by atoms with Crippen LogP contribution >= 0.6 is 28.3 Å². The highest BCUT2D eigenvalue weighted by molar-refractivity contribution is 9.10. The monoisotopic (exact) mass is 308 g/mol. The van der Waals surface area contributed by atoms with Crippen LogP contribution in [0.1, 0.15) is 12.5 Å². The topological polar surface area (TPSA) is 75.3 Å². The minimum atomic E-state index is -0.414. The summed E-state index contributed by atoms with van der Waals surface area (Å²) < 4.78 is 0.879. The van der Waals surface area contributed by atoms with Crippen LogP contribution in [0.15, 0.2) is 22.7 Å². The number of nitrogens with one attached hydrogen (secondary N) is 1. The highest BCUT2D eigenvalue weighted by Crippen LogP contribution is 2.21. The van der Waals surface area contributed by atoms with Gasteiger partial charge in [0.1, 0.15) is 5.75 Å². The lowest BCUT2D eigenvalue weighted by Gasteiger charge is -2.11. The molecule has 1 amide bonds. The van der Waals surface area contributed by atoms with Crippen molar-refractivity contribution >= 4 is 34.2 Å². The Bertz CT molecular complexity index is 374. The molecule has 16 heavy (non-hydrogen) atoms. The van der Waals surface area contributed by atoms with Crippen molar-refractivity contribution in [1.29, 1.82) is 0 Å². The molecule has 0 aliphatic carbocycles. The molecule has 0 radical (unpaired) electrons. The second kappa shape index (κ2) is 6.73. The lowest BCUT2D eigenvalue weighted by Crippen LogP contribution is -2.38. The SMILES string of the molecule is CC(NCc1cc(Br)ccc1O)C(N)=O.Cl. The molecule has 0 spiro atoms. The number of carbonyl (C=O) groups is 1. The quantitative estimate of drug-likeness (QED) is 0.790. The van der Waals surface area contributed by atoms with Crippen molar-refractivity contribution in [2.75, 3.05) is 0 Å². The van der Waals surface area contributed by atoms with Gasteiger partial charge in [-0.1, -0.05) is 15.9 Å². The van der Waals surface area contributed by atoms with Crippen LogP contribution in [0.5, 0.6) is 5.75 Å². The highest BCUT2D eigenvalue weighted by Gasteiger charge is 2.08. The van der Waals surface area contributed by atoms with E-state index in [1.165, 1.54) is 0 Å². The Labute approximate surface area is 109 Å². The number of primary amides is 1. The van der Waals surface area contributed by atoms with Gasteiger partial charge in [-0.25, -0.2) is 0 Å². The average molecular weight is 310 g/mol. The van der Waals surface area contributed by atoms with Crippen molar-refractivity contribution in [1.82, 2.24) is 5.32 Å². The van der Waals surface area contributed by atoms with E-state index in [1.54, 1.807) is 25.1 Å². The minimum absolute atomic E-state index is 0. The molecular weight excluding hydrogens is 295 g/mol.